The molecule has 0 aliphatic carbocycles. The molecule has 0 unspecified atom stereocenters. The van der Waals surface area contributed by atoms with Crippen LogP contribution in [0, 0.1) is 0 Å². The highest BCUT2D eigenvalue weighted by Crippen LogP contribution is 2.20. The molecule has 2 rings (SSSR count). The lowest BCUT2D eigenvalue weighted by Gasteiger charge is -2.36. The van der Waals surface area contributed by atoms with Gasteiger partial charge in [0.25, 0.3) is 12.9 Å². The van der Waals surface area contributed by atoms with E-state index in [0.29, 0.717) is 13.1 Å². The van der Waals surface area contributed by atoms with Crippen LogP contribution >= 0.6 is 0 Å². The number of piperidine rings is 1. The van der Waals surface area contributed by atoms with Crippen LogP contribution in [0.15, 0.2) is 0 Å². The first-order valence-corrected chi connectivity index (χ1v) is 7.96. The van der Waals surface area contributed by atoms with Crippen molar-refractivity contribution < 1.29 is 29.7 Å². The van der Waals surface area contributed by atoms with E-state index in [2.05, 4.69) is 22.2 Å². The van der Waals surface area contributed by atoms with Crippen LogP contribution in [0.5, 0.6) is 0 Å². The number of rotatable bonds is 4. The third kappa shape index (κ3) is 10.1. The Hall–Kier alpha value is -1.71. The number of likely N-dealkylation sites (tertiary alicyclic amines) is 2. The van der Waals surface area contributed by atoms with Crippen molar-refractivity contribution >= 4 is 18.9 Å². The third-order valence-electron chi connectivity index (χ3n) is 4.10. The van der Waals surface area contributed by atoms with E-state index in [9.17, 15) is 9.90 Å². The summed E-state index contributed by atoms with van der Waals surface area (Å²) in [6.07, 6.45) is 3.88. The quantitative estimate of drug-likeness (QED) is 0.479. The summed E-state index contributed by atoms with van der Waals surface area (Å²) in [5.41, 5.74) is -0.701. The van der Waals surface area contributed by atoms with Crippen LogP contribution in [0.1, 0.15) is 25.7 Å². The summed E-state index contributed by atoms with van der Waals surface area (Å²) in [5.74, 6) is 0.0456. The molecule has 2 fully saturated rings. The lowest BCUT2D eigenvalue weighted by atomic mass is 9.91. The molecule has 0 spiro atoms. The lowest BCUT2D eigenvalue weighted by molar-refractivity contribution is -0.124. The summed E-state index contributed by atoms with van der Waals surface area (Å²) in [6, 6.07) is 0. The van der Waals surface area contributed by atoms with Crippen molar-refractivity contribution in [2.24, 2.45) is 0 Å². The molecule has 0 aromatic heterocycles. The molecule has 140 valence electrons. The highest BCUT2D eigenvalue weighted by molar-refractivity contribution is 5.78. The van der Waals surface area contributed by atoms with Gasteiger partial charge < -0.3 is 25.5 Å². The maximum Gasteiger partial charge on any atom is 0.290 e. The van der Waals surface area contributed by atoms with Gasteiger partial charge in [0.1, 0.15) is 0 Å². The summed E-state index contributed by atoms with van der Waals surface area (Å²) in [7, 11) is 2.06. The fraction of sp³-hybridized carbons (Fsp3) is 0.800. The summed E-state index contributed by atoms with van der Waals surface area (Å²) in [4.78, 5) is 32.9. The molecule has 9 nitrogen and oxygen atoms in total. The van der Waals surface area contributed by atoms with Crippen LogP contribution in [0.2, 0.25) is 0 Å². The molecule has 0 saturated carbocycles. The van der Waals surface area contributed by atoms with Gasteiger partial charge in [0.2, 0.25) is 5.91 Å². The number of amides is 1. The monoisotopic (exact) mass is 347 g/mol. The Kier molecular flexibility index (Phi) is 11.8. The van der Waals surface area contributed by atoms with Crippen LogP contribution < -0.4 is 5.32 Å². The molecule has 0 atom stereocenters. The number of hydrogen-bond donors (Lipinski definition) is 4. The standard InChI is InChI=1S/C13H25N3O2.2CH2O2/c1-15-8-4-13(18,5-9-15)11-14-12(17)10-16-6-2-3-7-16;2*2-1-3/h18H,2-11H2,1H3,(H,14,17);2*1H,(H,2,3). The van der Waals surface area contributed by atoms with Crippen molar-refractivity contribution in [2.45, 2.75) is 31.3 Å². The Bertz CT molecular complexity index is 360. The first-order chi connectivity index (χ1) is 11.4. The number of carbonyl (C=O) groups is 3. The minimum Gasteiger partial charge on any atom is -0.483 e. The second kappa shape index (κ2) is 12.7. The van der Waals surface area contributed by atoms with Crippen LogP contribution in [0.25, 0.3) is 0 Å². The van der Waals surface area contributed by atoms with Gasteiger partial charge in [-0.3, -0.25) is 19.3 Å². The van der Waals surface area contributed by atoms with Gasteiger partial charge >= 0.3 is 0 Å². The molecule has 1 amide bonds. The van der Waals surface area contributed by atoms with E-state index >= 15 is 0 Å². The Labute approximate surface area is 142 Å². The second-order valence-corrected chi connectivity index (χ2v) is 6.00. The number of aliphatic hydroxyl groups is 1. The summed E-state index contributed by atoms with van der Waals surface area (Å²) in [6.45, 7) is 4.24. The van der Waals surface area contributed by atoms with Gasteiger partial charge in [-0.2, -0.15) is 0 Å². The predicted octanol–water partition coefficient (Wildman–Crippen LogP) is -0.943. The molecule has 4 N–H and O–H groups in total. The van der Waals surface area contributed by atoms with E-state index < -0.39 is 5.60 Å². The molecule has 2 aliphatic heterocycles. The van der Waals surface area contributed by atoms with E-state index in [4.69, 9.17) is 19.8 Å². The Balaban J connectivity index is 0.000000772. The normalized spacial score (nSPS) is 19.9. The van der Waals surface area contributed by atoms with Crippen molar-refractivity contribution in [3.63, 3.8) is 0 Å². The van der Waals surface area contributed by atoms with Crippen LogP contribution in [-0.2, 0) is 14.4 Å². The van der Waals surface area contributed by atoms with Crippen LogP contribution in [0.4, 0.5) is 0 Å². The van der Waals surface area contributed by atoms with Gasteiger partial charge in [0, 0.05) is 19.6 Å². The Morgan fingerprint density at radius 1 is 1.08 bits per heavy atom. The van der Waals surface area contributed by atoms with Crippen molar-refractivity contribution in [3.05, 3.63) is 0 Å². The summed E-state index contributed by atoms with van der Waals surface area (Å²) < 4.78 is 0. The molecule has 0 radical (unpaired) electrons. The van der Waals surface area contributed by atoms with E-state index in [0.717, 1.165) is 39.0 Å². The summed E-state index contributed by atoms with van der Waals surface area (Å²) in [5, 5.41) is 27.0. The molecule has 0 aromatic rings. The molecule has 2 saturated heterocycles. The van der Waals surface area contributed by atoms with E-state index in [1.165, 1.54) is 12.8 Å². The average Bonchev–Trinajstić information content (AvgIpc) is 3.03. The molecule has 0 bridgehead atoms. The van der Waals surface area contributed by atoms with E-state index in [1.807, 2.05) is 0 Å². The number of nitrogens with zero attached hydrogens (tertiary/aromatic N) is 2. The lowest BCUT2D eigenvalue weighted by Crippen LogP contribution is -2.51. The molecule has 2 heterocycles. The predicted molar refractivity (Wildman–Crippen MR) is 87.8 cm³/mol. The maximum absolute atomic E-state index is 11.8. The molecule has 0 aromatic carbocycles. The minimum absolute atomic E-state index is 0.0456. The zero-order valence-electron chi connectivity index (χ0n) is 14.2. The Morgan fingerprint density at radius 3 is 2.00 bits per heavy atom. The van der Waals surface area contributed by atoms with Crippen molar-refractivity contribution in [3.8, 4) is 0 Å². The minimum atomic E-state index is -0.701. The zero-order chi connectivity index (χ0) is 18.4. The van der Waals surface area contributed by atoms with Gasteiger partial charge in [0.15, 0.2) is 0 Å². The molecular formula is C15H29N3O6. The smallest absolute Gasteiger partial charge is 0.290 e. The van der Waals surface area contributed by atoms with Crippen LogP contribution in [0.3, 0.4) is 0 Å². The van der Waals surface area contributed by atoms with Crippen LogP contribution in [-0.4, -0.2) is 95.9 Å². The van der Waals surface area contributed by atoms with Gasteiger partial charge in [-0.05, 0) is 45.8 Å². The van der Waals surface area contributed by atoms with E-state index in [1.54, 1.807) is 0 Å². The van der Waals surface area contributed by atoms with Crippen molar-refractivity contribution in [1.29, 1.82) is 0 Å². The average molecular weight is 347 g/mol. The molecule has 2 aliphatic rings. The highest BCUT2D eigenvalue weighted by Gasteiger charge is 2.31. The SMILES string of the molecule is CN1CCC(O)(CNC(=O)CN2CCCC2)CC1.O=CO.O=CO. The third-order valence-corrected chi connectivity index (χ3v) is 4.10. The first kappa shape index (κ1) is 22.3. The maximum atomic E-state index is 11.8. The fourth-order valence-electron chi connectivity index (χ4n) is 2.67. The topological polar surface area (TPSA) is 130 Å². The Morgan fingerprint density at radius 2 is 1.54 bits per heavy atom. The van der Waals surface area contributed by atoms with Crippen molar-refractivity contribution in [2.75, 3.05) is 46.3 Å². The number of nitrogens with one attached hydrogen (secondary N) is 1. The van der Waals surface area contributed by atoms with Crippen molar-refractivity contribution in [1.82, 2.24) is 15.1 Å². The summed E-state index contributed by atoms with van der Waals surface area (Å²) >= 11 is 0. The largest absolute Gasteiger partial charge is 0.483 e. The number of carbonyl (C=O) groups excluding carboxylic acids is 1. The molecular weight excluding hydrogens is 318 g/mol. The van der Waals surface area contributed by atoms with Gasteiger partial charge in [-0.1, -0.05) is 0 Å². The van der Waals surface area contributed by atoms with Gasteiger partial charge in [-0.25, -0.2) is 0 Å². The number of hydrogen-bond acceptors (Lipinski definition) is 6. The molecule has 9 heteroatoms. The van der Waals surface area contributed by atoms with Gasteiger partial charge in [0.05, 0.1) is 12.1 Å². The molecule has 24 heavy (non-hydrogen) atoms. The van der Waals surface area contributed by atoms with E-state index in [-0.39, 0.29) is 18.9 Å². The highest BCUT2D eigenvalue weighted by atomic mass is 16.3. The van der Waals surface area contributed by atoms with Gasteiger partial charge in [-0.15, -0.1) is 0 Å². The second-order valence-electron chi connectivity index (χ2n) is 6.00. The fourth-order valence-corrected chi connectivity index (χ4v) is 2.67. The first-order valence-electron chi connectivity index (χ1n) is 7.96. The number of carboxylic acid groups (broad SMARTS) is 2. The zero-order valence-corrected chi connectivity index (χ0v) is 14.2.